The van der Waals surface area contributed by atoms with Crippen molar-refractivity contribution in [2.24, 2.45) is 10.6 Å². The zero-order chi connectivity index (χ0) is 17.0. The van der Waals surface area contributed by atoms with Crippen LogP contribution < -0.4 is 0 Å². The second-order valence-electron chi connectivity index (χ2n) is 6.72. The van der Waals surface area contributed by atoms with Gasteiger partial charge in [-0.3, -0.25) is 4.79 Å². The van der Waals surface area contributed by atoms with Crippen molar-refractivity contribution in [1.29, 1.82) is 0 Å². The standard InChI is InChI=1S/C17H22BrFN2O2/c1-17(2,3)16(22)21-8-6-13(7-9-21)20-23-11-12-4-5-15(19)14(18)10-12/h4-5,10H,6-9,11H2,1-3H3. The largest absolute Gasteiger partial charge is 0.391 e. The first-order valence-corrected chi connectivity index (χ1v) is 8.47. The molecule has 1 heterocycles. The molecule has 0 saturated carbocycles. The van der Waals surface area contributed by atoms with Crippen LogP contribution in [0.2, 0.25) is 0 Å². The lowest BCUT2D eigenvalue weighted by molar-refractivity contribution is -0.139. The smallest absolute Gasteiger partial charge is 0.227 e. The molecule has 2 rings (SSSR count). The number of nitrogens with zero attached hydrogens (tertiary/aromatic N) is 2. The zero-order valence-electron chi connectivity index (χ0n) is 13.7. The number of oxime groups is 1. The fourth-order valence-electron chi connectivity index (χ4n) is 2.36. The molecule has 4 nitrogen and oxygen atoms in total. The number of benzene rings is 1. The van der Waals surface area contributed by atoms with Gasteiger partial charge in [-0.05, 0) is 33.6 Å². The minimum absolute atomic E-state index is 0.175. The number of likely N-dealkylation sites (tertiary alicyclic amines) is 1. The predicted octanol–water partition coefficient (Wildman–Crippen LogP) is 4.13. The van der Waals surface area contributed by atoms with E-state index in [9.17, 15) is 9.18 Å². The molecule has 1 aromatic rings. The van der Waals surface area contributed by atoms with Crippen molar-refractivity contribution < 1.29 is 14.0 Å². The number of carbonyl (C=O) groups is 1. The Labute approximate surface area is 144 Å². The fraction of sp³-hybridized carbons (Fsp3) is 0.529. The Hall–Kier alpha value is -1.43. The molecule has 0 bridgehead atoms. The molecule has 6 heteroatoms. The summed E-state index contributed by atoms with van der Waals surface area (Å²) in [6, 6.07) is 4.75. The van der Waals surface area contributed by atoms with Crippen LogP contribution >= 0.6 is 15.9 Å². The molecule has 0 unspecified atom stereocenters. The number of rotatable bonds is 3. The SMILES string of the molecule is CC(C)(C)C(=O)N1CCC(=NOCc2ccc(F)c(Br)c2)CC1. The van der Waals surface area contributed by atoms with Crippen molar-refractivity contribution in [3.63, 3.8) is 0 Å². The van der Waals surface area contributed by atoms with E-state index in [1.165, 1.54) is 6.07 Å². The van der Waals surface area contributed by atoms with Crippen molar-refractivity contribution in [2.45, 2.75) is 40.2 Å². The highest BCUT2D eigenvalue weighted by Gasteiger charge is 2.29. The van der Waals surface area contributed by atoms with Gasteiger partial charge in [-0.2, -0.15) is 0 Å². The molecule has 1 fully saturated rings. The van der Waals surface area contributed by atoms with Crippen molar-refractivity contribution in [1.82, 2.24) is 4.90 Å². The summed E-state index contributed by atoms with van der Waals surface area (Å²) < 4.78 is 13.6. The van der Waals surface area contributed by atoms with Gasteiger partial charge in [-0.1, -0.05) is 32.0 Å². The minimum atomic E-state index is -0.346. The molecule has 0 atom stereocenters. The molecular formula is C17H22BrFN2O2. The maximum Gasteiger partial charge on any atom is 0.227 e. The normalized spacial score (nSPS) is 15.5. The highest BCUT2D eigenvalue weighted by Crippen LogP contribution is 2.21. The molecule has 1 amide bonds. The number of hydrogen-bond acceptors (Lipinski definition) is 3. The lowest BCUT2D eigenvalue weighted by Gasteiger charge is -2.32. The summed E-state index contributed by atoms with van der Waals surface area (Å²) in [6.45, 7) is 7.46. The summed E-state index contributed by atoms with van der Waals surface area (Å²) in [5, 5.41) is 4.16. The first-order valence-electron chi connectivity index (χ1n) is 7.68. The van der Waals surface area contributed by atoms with Crippen LogP contribution in [0.1, 0.15) is 39.2 Å². The first-order chi connectivity index (χ1) is 10.8. The van der Waals surface area contributed by atoms with Crippen LogP contribution in [0.25, 0.3) is 0 Å². The molecule has 1 saturated heterocycles. The van der Waals surface area contributed by atoms with Crippen molar-refractivity contribution in [3.8, 4) is 0 Å². The summed E-state index contributed by atoms with van der Waals surface area (Å²) in [4.78, 5) is 19.4. The van der Waals surface area contributed by atoms with Gasteiger partial charge in [0.1, 0.15) is 12.4 Å². The second-order valence-corrected chi connectivity index (χ2v) is 7.58. The van der Waals surface area contributed by atoms with Crippen LogP contribution in [0.3, 0.4) is 0 Å². The molecule has 1 aliphatic rings. The number of amides is 1. The van der Waals surface area contributed by atoms with Gasteiger partial charge >= 0.3 is 0 Å². The van der Waals surface area contributed by atoms with E-state index in [-0.39, 0.29) is 17.1 Å². The third-order valence-electron chi connectivity index (χ3n) is 3.68. The molecule has 23 heavy (non-hydrogen) atoms. The Morgan fingerprint density at radius 2 is 2.00 bits per heavy atom. The monoisotopic (exact) mass is 384 g/mol. The Balaban J connectivity index is 1.82. The predicted molar refractivity (Wildman–Crippen MR) is 91.6 cm³/mol. The van der Waals surface area contributed by atoms with Crippen molar-refractivity contribution >= 4 is 27.5 Å². The van der Waals surface area contributed by atoms with E-state index < -0.39 is 0 Å². The van der Waals surface area contributed by atoms with Gasteiger partial charge in [0.25, 0.3) is 0 Å². The van der Waals surface area contributed by atoms with E-state index in [0.29, 0.717) is 24.2 Å². The highest BCUT2D eigenvalue weighted by atomic mass is 79.9. The van der Waals surface area contributed by atoms with E-state index in [0.717, 1.165) is 24.1 Å². The molecule has 1 aliphatic heterocycles. The van der Waals surface area contributed by atoms with Crippen LogP contribution in [-0.2, 0) is 16.2 Å². The number of halogens is 2. The van der Waals surface area contributed by atoms with Gasteiger partial charge in [0.2, 0.25) is 5.91 Å². The molecule has 0 spiro atoms. The van der Waals surface area contributed by atoms with Crippen LogP contribution in [0, 0.1) is 11.2 Å². The molecule has 126 valence electrons. The molecule has 1 aromatic carbocycles. The van der Waals surface area contributed by atoms with Crippen molar-refractivity contribution in [3.05, 3.63) is 34.1 Å². The maximum absolute atomic E-state index is 13.1. The zero-order valence-corrected chi connectivity index (χ0v) is 15.3. The van der Waals surface area contributed by atoms with Gasteiger partial charge in [0.05, 0.1) is 10.2 Å². The quantitative estimate of drug-likeness (QED) is 0.735. The average Bonchev–Trinajstić information content (AvgIpc) is 2.50. The summed E-state index contributed by atoms with van der Waals surface area (Å²) in [6.07, 6.45) is 1.46. The fourth-order valence-corrected chi connectivity index (χ4v) is 2.79. The van der Waals surface area contributed by atoms with Crippen LogP contribution in [0.5, 0.6) is 0 Å². The molecule has 0 aromatic heterocycles. The van der Waals surface area contributed by atoms with Crippen LogP contribution in [0.15, 0.2) is 27.8 Å². The number of hydrogen-bond donors (Lipinski definition) is 0. The molecule has 0 N–H and O–H groups in total. The Morgan fingerprint density at radius 3 is 2.57 bits per heavy atom. The number of piperidine rings is 1. The number of carbonyl (C=O) groups excluding carboxylic acids is 1. The molecular weight excluding hydrogens is 363 g/mol. The molecule has 0 radical (unpaired) electrons. The summed E-state index contributed by atoms with van der Waals surface area (Å²) >= 11 is 3.15. The average molecular weight is 385 g/mol. The van der Waals surface area contributed by atoms with Crippen molar-refractivity contribution in [2.75, 3.05) is 13.1 Å². The van der Waals surface area contributed by atoms with E-state index >= 15 is 0 Å². The third kappa shape index (κ3) is 5.03. The van der Waals surface area contributed by atoms with Crippen LogP contribution in [-0.4, -0.2) is 29.6 Å². The van der Waals surface area contributed by atoms with Gasteiger partial charge in [0, 0.05) is 31.3 Å². The Bertz CT molecular complexity index is 601. The minimum Gasteiger partial charge on any atom is -0.391 e. The Morgan fingerprint density at radius 1 is 1.35 bits per heavy atom. The summed E-state index contributed by atoms with van der Waals surface area (Å²) in [5.41, 5.74) is 1.47. The Kier molecular flexibility index (Phi) is 5.79. The van der Waals surface area contributed by atoms with Gasteiger partial charge in [0.15, 0.2) is 0 Å². The van der Waals surface area contributed by atoms with E-state index in [4.69, 9.17) is 4.84 Å². The van der Waals surface area contributed by atoms with Gasteiger partial charge < -0.3 is 9.74 Å². The highest BCUT2D eigenvalue weighted by molar-refractivity contribution is 9.10. The lowest BCUT2D eigenvalue weighted by Crippen LogP contribution is -2.44. The molecule has 0 aliphatic carbocycles. The first kappa shape index (κ1) is 17.9. The van der Waals surface area contributed by atoms with Gasteiger partial charge in [-0.15, -0.1) is 0 Å². The van der Waals surface area contributed by atoms with E-state index in [1.54, 1.807) is 12.1 Å². The third-order valence-corrected chi connectivity index (χ3v) is 4.29. The lowest BCUT2D eigenvalue weighted by atomic mass is 9.93. The maximum atomic E-state index is 13.1. The summed E-state index contributed by atoms with van der Waals surface area (Å²) in [7, 11) is 0. The van der Waals surface area contributed by atoms with Crippen LogP contribution in [0.4, 0.5) is 4.39 Å². The van der Waals surface area contributed by atoms with Gasteiger partial charge in [-0.25, -0.2) is 4.39 Å². The topological polar surface area (TPSA) is 41.9 Å². The second kappa shape index (κ2) is 7.43. The van der Waals surface area contributed by atoms with E-state index in [2.05, 4.69) is 21.1 Å². The summed E-state index contributed by atoms with van der Waals surface area (Å²) in [5.74, 6) is -0.121. The van der Waals surface area contributed by atoms with E-state index in [1.807, 2.05) is 25.7 Å².